The minimum absolute atomic E-state index is 0.00572. The Morgan fingerprint density at radius 1 is 1.14 bits per heavy atom. The number of esters is 1. The van der Waals surface area contributed by atoms with E-state index < -0.39 is 12.1 Å². The Labute approximate surface area is 170 Å². The van der Waals surface area contributed by atoms with E-state index in [9.17, 15) is 14.4 Å². The number of amides is 2. The summed E-state index contributed by atoms with van der Waals surface area (Å²) in [6.45, 7) is 4.26. The molecule has 152 valence electrons. The highest BCUT2D eigenvalue weighted by Crippen LogP contribution is 2.27. The topological polar surface area (TPSA) is 75.7 Å². The molecule has 1 aliphatic heterocycles. The van der Waals surface area contributed by atoms with Gasteiger partial charge in [0.15, 0.2) is 6.10 Å². The number of carbonyl (C=O) groups is 3. The van der Waals surface area contributed by atoms with Crippen LogP contribution < -0.4 is 10.2 Å². The van der Waals surface area contributed by atoms with Crippen LogP contribution in [0.5, 0.6) is 0 Å². The summed E-state index contributed by atoms with van der Waals surface area (Å²) in [5.41, 5.74) is 3.55. The molecule has 2 amide bonds. The van der Waals surface area contributed by atoms with Crippen molar-refractivity contribution in [3.63, 3.8) is 0 Å². The normalized spacial score (nSPS) is 13.9. The first kappa shape index (κ1) is 20.6. The van der Waals surface area contributed by atoms with Crippen molar-refractivity contribution in [2.24, 2.45) is 0 Å². The van der Waals surface area contributed by atoms with Gasteiger partial charge in [0, 0.05) is 24.3 Å². The van der Waals surface area contributed by atoms with E-state index in [0.717, 1.165) is 29.7 Å². The largest absolute Gasteiger partial charge is 0.452 e. The number of rotatable bonds is 6. The summed E-state index contributed by atoms with van der Waals surface area (Å²) >= 11 is 0. The molecule has 0 aromatic heterocycles. The molecule has 6 nitrogen and oxygen atoms in total. The van der Waals surface area contributed by atoms with E-state index in [-0.39, 0.29) is 24.8 Å². The third kappa shape index (κ3) is 5.22. The predicted molar refractivity (Wildman–Crippen MR) is 111 cm³/mol. The molecule has 1 atom stereocenters. The van der Waals surface area contributed by atoms with Crippen LogP contribution in [0.15, 0.2) is 48.5 Å². The number of aryl methyl sites for hydroxylation is 2. The van der Waals surface area contributed by atoms with Crippen LogP contribution in [0.4, 0.5) is 5.69 Å². The summed E-state index contributed by atoms with van der Waals surface area (Å²) in [7, 11) is 0. The molecule has 0 spiro atoms. The fourth-order valence-electron chi connectivity index (χ4n) is 3.45. The number of fused-ring (bicyclic) bond motifs is 1. The maximum absolute atomic E-state index is 12.8. The first-order valence-electron chi connectivity index (χ1n) is 9.89. The van der Waals surface area contributed by atoms with E-state index in [2.05, 4.69) is 5.32 Å². The second kappa shape index (κ2) is 9.37. The lowest BCUT2D eigenvalue weighted by atomic mass is 10.0. The van der Waals surface area contributed by atoms with Gasteiger partial charge in [-0.3, -0.25) is 14.4 Å². The highest BCUT2D eigenvalue weighted by atomic mass is 16.5. The van der Waals surface area contributed by atoms with Gasteiger partial charge in [0.25, 0.3) is 11.8 Å². The number of hydrogen-bond acceptors (Lipinski definition) is 4. The van der Waals surface area contributed by atoms with Gasteiger partial charge >= 0.3 is 5.97 Å². The van der Waals surface area contributed by atoms with Crippen molar-refractivity contribution in [1.29, 1.82) is 0 Å². The van der Waals surface area contributed by atoms with Crippen molar-refractivity contribution in [3.8, 4) is 0 Å². The van der Waals surface area contributed by atoms with Gasteiger partial charge in [-0.05, 0) is 50.5 Å². The lowest BCUT2D eigenvalue weighted by Crippen LogP contribution is -2.43. The second-order valence-electron chi connectivity index (χ2n) is 7.23. The van der Waals surface area contributed by atoms with Crippen molar-refractivity contribution in [2.45, 2.75) is 39.2 Å². The van der Waals surface area contributed by atoms with Gasteiger partial charge in [-0.15, -0.1) is 0 Å². The lowest BCUT2D eigenvalue weighted by Gasteiger charge is -2.31. The molecule has 0 bridgehead atoms. The van der Waals surface area contributed by atoms with Crippen molar-refractivity contribution in [3.05, 3.63) is 65.2 Å². The Morgan fingerprint density at radius 2 is 1.93 bits per heavy atom. The van der Waals surface area contributed by atoms with E-state index in [1.165, 1.54) is 0 Å². The quantitative estimate of drug-likeness (QED) is 0.764. The van der Waals surface area contributed by atoms with Crippen molar-refractivity contribution in [1.82, 2.24) is 5.32 Å². The zero-order valence-electron chi connectivity index (χ0n) is 16.8. The molecule has 2 aromatic carbocycles. The van der Waals surface area contributed by atoms with Crippen LogP contribution in [0.3, 0.4) is 0 Å². The van der Waals surface area contributed by atoms with Gasteiger partial charge < -0.3 is 15.0 Å². The zero-order valence-corrected chi connectivity index (χ0v) is 16.8. The zero-order chi connectivity index (χ0) is 20.8. The number of ether oxygens (including phenoxy) is 1. The van der Waals surface area contributed by atoms with Crippen molar-refractivity contribution in [2.75, 3.05) is 18.0 Å². The molecule has 2 aromatic rings. The number of anilines is 1. The number of benzene rings is 2. The first-order valence-corrected chi connectivity index (χ1v) is 9.89. The summed E-state index contributed by atoms with van der Waals surface area (Å²) in [5, 5.41) is 2.70. The highest BCUT2D eigenvalue weighted by molar-refractivity contribution is 5.98. The van der Waals surface area contributed by atoms with Crippen LogP contribution in [0.25, 0.3) is 0 Å². The maximum atomic E-state index is 12.8. The average molecular weight is 394 g/mol. The third-order valence-electron chi connectivity index (χ3n) is 4.93. The van der Waals surface area contributed by atoms with Crippen LogP contribution in [0.2, 0.25) is 0 Å². The van der Waals surface area contributed by atoms with E-state index in [4.69, 9.17) is 4.74 Å². The molecule has 3 rings (SSSR count). The average Bonchev–Trinajstić information content (AvgIpc) is 2.72. The molecule has 0 saturated carbocycles. The fraction of sp³-hybridized carbons (Fsp3) is 0.348. The highest BCUT2D eigenvalue weighted by Gasteiger charge is 2.28. The second-order valence-corrected chi connectivity index (χ2v) is 7.23. The Morgan fingerprint density at radius 3 is 2.72 bits per heavy atom. The van der Waals surface area contributed by atoms with Crippen LogP contribution >= 0.6 is 0 Å². The Kier molecular flexibility index (Phi) is 6.65. The summed E-state index contributed by atoms with van der Waals surface area (Å²) in [6.07, 6.45) is 0.954. The molecule has 1 heterocycles. The lowest BCUT2D eigenvalue weighted by molar-refractivity contribution is -0.153. The molecule has 6 heteroatoms. The van der Waals surface area contributed by atoms with Crippen LogP contribution in [-0.2, 0) is 20.7 Å². The smallest absolute Gasteiger partial charge is 0.308 e. The monoisotopic (exact) mass is 394 g/mol. The predicted octanol–water partition coefficient (Wildman–Crippen LogP) is 3.03. The Hall–Kier alpha value is -3.15. The van der Waals surface area contributed by atoms with E-state index >= 15 is 0 Å². The van der Waals surface area contributed by atoms with Crippen LogP contribution in [-0.4, -0.2) is 37.0 Å². The number of nitrogens with one attached hydrogen (secondary N) is 1. The molecule has 1 aliphatic rings. The summed E-state index contributed by atoms with van der Waals surface area (Å²) in [5.74, 6) is -0.981. The van der Waals surface area contributed by atoms with Crippen molar-refractivity contribution < 1.29 is 19.1 Å². The standard InChI is InChI=1S/C23H26N2O4/c1-16-7-5-9-19(15-16)22(27)24-13-12-21(26)29-17(2)23(28)25-14-6-10-18-8-3-4-11-20(18)25/h3-5,7-9,11,15,17H,6,10,12-14H2,1-2H3,(H,24,27). The maximum Gasteiger partial charge on any atom is 0.308 e. The Bertz CT molecular complexity index is 909. The summed E-state index contributed by atoms with van der Waals surface area (Å²) in [4.78, 5) is 38.7. The molecule has 0 saturated heterocycles. The van der Waals surface area contributed by atoms with Gasteiger partial charge in [-0.1, -0.05) is 35.9 Å². The van der Waals surface area contributed by atoms with E-state index in [1.807, 2.05) is 43.3 Å². The van der Waals surface area contributed by atoms with E-state index in [1.54, 1.807) is 24.0 Å². The minimum Gasteiger partial charge on any atom is -0.452 e. The molecule has 29 heavy (non-hydrogen) atoms. The van der Waals surface area contributed by atoms with Gasteiger partial charge in [0.1, 0.15) is 0 Å². The molecule has 0 aliphatic carbocycles. The van der Waals surface area contributed by atoms with Crippen LogP contribution in [0, 0.1) is 6.92 Å². The molecule has 0 fully saturated rings. The first-order chi connectivity index (χ1) is 14.0. The molecular formula is C23H26N2O4. The van der Waals surface area contributed by atoms with Crippen molar-refractivity contribution >= 4 is 23.5 Å². The van der Waals surface area contributed by atoms with Crippen LogP contribution in [0.1, 0.15) is 41.3 Å². The van der Waals surface area contributed by atoms with Gasteiger partial charge in [0.2, 0.25) is 0 Å². The van der Waals surface area contributed by atoms with E-state index in [0.29, 0.717) is 12.1 Å². The third-order valence-corrected chi connectivity index (χ3v) is 4.93. The van der Waals surface area contributed by atoms with Gasteiger partial charge in [0.05, 0.1) is 6.42 Å². The number of para-hydroxylation sites is 1. The molecule has 0 radical (unpaired) electrons. The van der Waals surface area contributed by atoms with Gasteiger partial charge in [-0.2, -0.15) is 0 Å². The number of carbonyl (C=O) groups excluding carboxylic acids is 3. The molecular weight excluding hydrogens is 368 g/mol. The van der Waals surface area contributed by atoms with Gasteiger partial charge in [-0.25, -0.2) is 0 Å². The summed E-state index contributed by atoms with van der Waals surface area (Å²) < 4.78 is 5.31. The Balaban J connectivity index is 1.48. The summed E-state index contributed by atoms with van der Waals surface area (Å²) in [6, 6.07) is 15.0. The molecule has 1 N–H and O–H groups in total. The molecule has 1 unspecified atom stereocenters. The fourth-order valence-corrected chi connectivity index (χ4v) is 3.45. The minimum atomic E-state index is -0.874. The SMILES string of the molecule is Cc1cccc(C(=O)NCCC(=O)OC(C)C(=O)N2CCCc3ccccc32)c1. The number of nitrogens with zero attached hydrogens (tertiary/aromatic N) is 1. The number of hydrogen-bond donors (Lipinski definition) is 1.